The molecule has 0 amide bonds. The Hall–Kier alpha value is -0.460. The van der Waals surface area contributed by atoms with Crippen molar-refractivity contribution in [2.75, 3.05) is 11.5 Å². The predicted octanol–water partition coefficient (Wildman–Crippen LogP) is 2.32. The van der Waals surface area contributed by atoms with Gasteiger partial charge in [0.15, 0.2) is 9.84 Å². The molecule has 1 fully saturated rings. The van der Waals surface area contributed by atoms with Gasteiger partial charge in [0.2, 0.25) is 0 Å². The van der Waals surface area contributed by atoms with Gasteiger partial charge in [0.25, 0.3) is 0 Å². The summed E-state index contributed by atoms with van der Waals surface area (Å²) in [6, 6.07) is 4.70. The van der Waals surface area contributed by atoms with Gasteiger partial charge in [-0.2, -0.15) is 0 Å². The molecular weight excluding hydrogens is 335 g/mol. The van der Waals surface area contributed by atoms with Crippen LogP contribution in [0, 0.1) is 11.7 Å². The maximum Gasteiger partial charge on any atom is 0.150 e. The smallest absolute Gasteiger partial charge is 0.150 e. The lowest BCUT2D eigenvalue weighted by Gasteiger charge is -2.15. The largest absolute Gasteiger partial charge is 0.393 e. The molecule has 1 heterocycles. The number of rotatable bonds is 4. The van der Waals surface area contributed by atoms with Gasteiger partial charge in [-0.05, 0) is 52.7 Å². The molecule has 1 aliphatic heterocycles. The Morgan fingerprint density at radius 3 is 2.84 bits per heavy atom. The zero-order valence-electron chi connectivity index (χ0n) is 10.4. The van der Waals surface area contributed by atoms with Gasteiger partial charge in [-0.15, -0.1) is 0 Å². The standard InChI is InChI=1S/C13H16BrFO3S/c14-13-10(2-1-3-12(13)15)7-11(16)6-9-4-5-19(17,18)8-9/h1-3,9,11,16H,4-8H2. The van der Waals surface area contributed by atoms with Crippen LogP contribution < -0.4 is 0 Å². The van der Waals surface area contributed by atoms with Crippen LogP contribution in [-0.4, -0.2) is 31.1 Å². The van der Waals surface area contributed by atoms with Crippen molar-refractivity contribution in [1.29, 1.82) is 0 Å². The van der Waals surface area contributed by atoms with E-state index in [4.69, 9.17) is 0 Å². The van der Waals surface area contributed by atoms with E-state index in [1.807, 2.05) is 0 Å². The number of benzene rings is 1. The van der Waals surface area contributed by atoms with Crippen molar-refractivity contribution in [2.24, 2.45) is 5.92 Å². The third kappa shape index (κ3) is 4.00. The molecule has 0 radical (unpaired) electrons. The van der Waals surface area contributed by atoms with Crippen molar-refractivity contribution < 1.29 is 17.9 Å². The molecular formula is C13H16BrFO3S. The highest BCUT2D eigenvalue weighted by atomic mass is 79.9. The monoisotopic (exact) mass is 350 g/mol. The van der Waals surface area contributed by atoms with Crippen LogP contribution in [-0.2, 0) is 16.3 Å². The van der Waals surface area contributed by atoms with Crippen LogP contribution in [0.3, 0.4) is 0 Å². The fourth-order valence-electron chi connectivity index (χ4n) is 2.49. The molecule has 1 aromatic carbocycles. The van der Waals surface area contributed by atoms with E-state index < -0.39 is 15.9 Å². The first-order valence-electron chi connectivity index (χ1n) is 6.19. The summed E-state index contributed by atoms with van der Waals surface area (Å²) in [5.41, 5.74) is 0.702. The summed E-state index contributed by atoms with van der Waals surface area (Å²) < 4.78 is 36.4. The van der Waals surface area contributed by atoms with E-state index in [1.165, 1.54) is 6.07 Å². The quantitative estimate of drug-likeness (QED) is 0.906. The number of halogens is 2. The van der Waals surface area contributed by atoms with Gasteiger partial charge < -0.3 is 5.11 Å². The second-order valence-electron chi connectivity index (χ2n) is 5.08. The summed E-state index contributed by atoms with van der Waals surface area (Å²) in [7, 11) is -2.91. The van der Waals surface area contributed by atoms with Gasteiger partial charge in [-0.1, -0.05) is 12.1 Å². The van der Waals surface area contributed by atoms with Crippen molar-refractivity contribution >= 4 is 25.8 Å². The first-order chi connectivity index (χ1) is 8.87. The fourth-order valence-corrected chi connectivity index (χ4v) is 4.79. The van der Waals surface area contributed by atoms with Gasteiger partial charge >= 0.3 is 0 Å². The highest BCUT2D eigenvalue weighted by Crippen LogP contribution is 2.26. The molecule has 2 unspecified atom stereocenters. The molecule has 1 aromatic rings. The van der Waals surface area contributed by atoms with Gasteiger partial charge in [0.1, 0.15) is 5.82 Å². The van der Waals surface area contributed by atoms with Crippen LogP contribution in [0.15, 0.2) is 22.7 Å². The molecule has 0 aliphatic carbocycles. The second-order valence-corrected chi connectivity index (χ2v) is 8.10. The number of hydrogen-bond acceptors (Lipinski definition) is 3. The van der Waals surface area contributed by atoms with E-state index in [2.05, 4.69) is 15.9 Å². The lowest BCUT2D eigenvalue weighted by Crippen LogP contribution is -2.17. The summed E-state index contributed by atoms with van der Waals surface area (Å²) >= 11 is 3.16. The molecule has 19 heavy (non-hydrogen) atoms. The van der Waals surface area contributed by atoms with E-state index >= 15 is 0 Å². The molecule has 2 rings (SSSR count). The number of aliphatic hydroxyl groups is 1. The van der Waals surface area contributed by atoms with Crippen LogP contribution in [0.4, 0.5) is 4.39 Å². The van der Waals surface area contributed by atoms with Crippen LogP contribution in [0.5, 0.6) is 0 Å². The molecule has 3 nitrogen and oxygen atoms in total. The van der Waals surface area contributed by atoms with Gasteiger partial charge in [-0.3, -0.25) is 0 Å². The molecule has 1 aliphatic rings. The highest BCUT2D eigenvalue weighted by Gasteiger charge is 2.29. The first kappa shape index (κ1) is 14.9. The summed E-state index contributed by atoms with van der Waals surface area (Å²) in [5, 5.41) is 10.0. The maximum atomic E-state index is 13.3. The molecule has 1 N–H and O–H groups in total. The molecule has 0 saturated carbocycles. The summed E-state index contributed by atoms with van der Waals surface area (Å²) in [5.74, 6) is 0.0445. The SMILES string of the molecule is O=S1(=O)CCC(CC(O)Cc2cccc(F)c2Br)C1. The highest BCUT2D eigenvalue weighted by molar-refractivity contribution is 9.10. The third-order valence-corrected chi connectivity index (χ3v) is 6.14. The minimum atomic E-state index is -2.91. The number of hydrogen-bond donors (Lipinski definition) is 1. The Bertz CT molecular complexity index is 559. The molecule has 106 valence electrons. The number of aliphatic hydroxyl groups excluding tert-OH is 1. The van der Waals surface area contributed by atoms with Crippen LogP contribution in [0.25, 0.3) is 0 Å². The van der Waals surface area contributed by atoms with Gasteiger partial charge in [-0.25, -0.2) is 12.8 Å². The van der Waals surface area contributed by atoms with Crippen LogP contribution >= 0.6 is 15.9 Å². The Morgan fingerprint density at radius 2 is 2.21 bits per heavy atom. The van der Waals surface area contributed by atoms with Crippen molar-refractivity contribution in [1.82, 2.24) is 0 Å². The molecule has 6 heteroatoms. The van der Waals surface area contributed by atoms with Gasteiger partial charge in [0.05, 0.1) is 22.1 Å². The maximum absolute atomic E-state index is 13.3. The average Bonchev–Trinajstić information content (AvgIpc) is 2.64. The number of sulfone groups is 1. The van der Waals surface area contributed by atoms with Crippen molar-refractivity contribution in [3.8, 4) is 0 Å². The van der Waals surface area contributed by atoms with E-state index in [1.54, 1.807) is 12.1 Å². The third-order valence-electron chi connectivity index (χ3n) is 3.42. The Labute approximate surface area is 120 Å². The minimum Gasteiger partial charge on any atom is -0.393 e. The first-order valence-corrected chi connectivity index (χ1v) is 8.80. The average molecular weight is 351 g/mol. The lowest BCUT2D eigenvalue weighted by atomic mass is 9.97. The van der Waals surface area contributed by atoms with Crippen molar-refractivity contribution in [3.63, 3.8) is 0 Å². The summed E-state index contributed by atoms with van der Waals surface area (Å²) in [6.45, 7) is 0. The molecule has 1 saturated heterocycles. The van der Waals surface area contributed by atoms with E-state index in [-0.39, 0.29) is 23.2 Å². The fraction of sp³-hybridized carbons (Fsp3) is 0.538. The van der Waals surface area contributed by atoms with Crippen LogP contribution in [0.2, 0.25) is 0 Å². The molecule has 0 spiro atoms. The topological polar surface area (TPSA) is 54.4 Å². The summed E-state index contributed by atoms with van der Waals surface area (Å²) in [6.07, 6.45) is 0.747. The molecule has 0 bridgehead atoms. The lowest BCUT2D eigenvalue weighted by molar-refractivity contribution is 0.146. The molecule has 0 aromatic heterocycles. The summed E-state index contributed by atoms with van der Waals surface area (Å²) in [4.78, 5) is 0. The van der Waals surface area contributed by atoms with Crippen LogP contribution in [0.1, 0.15) is 18.4 Å². The van der Waals surface area contributed by atoms with Gasteiger partial charge in [0, 0.05) is 0 Å². The van der Waals surface area contributed by atoms with Crippen molar-refractivity contribution in [2.45, 2.75) is 25.4 Å². The zero-order valence-corrected chi connectivity index (χ0v) is 12.8. The van der Waals surface area contributed by atoms with E-state index in [0.717, 1.165) is 0 Å². The zero-order chi connectivity index (χ0) is 14.0. The Balaban J connectivity index is 1.95. The van der Waals surface area contributed by atoms with E-state index in [9.17, 15) is 17.9 Å². The molecule has 2 atom stereocenters. The van der Waals surface area contributed by atoms with Crippen molar-refractivity contribution in [3.05, 3.63) is 34.1 Å². The normalized spacial score (nSPS) is 23.4. The minimum absolute atomic E-state index is 0.0207. The second kappa shape index (κ2) is 5.89. The Kier molecular flexibility index (Phi) is 4.63. The Morgan fingerprint density at radius 1 is 1.47 bits per heavy atom. The predicted molar refractivity (Wildman–Crippen MR) is 75.2 cm³/mol. The van der Waals surface area contributed by atoms with E-state index in [0.29, 0.717) is 29.3 Å².